The Morgan fingerprint density at radius 1 is 1.31 bits per heavy atom. The molecule has 1 N–H and O–H groups in total. The predicted molar refractivity (Wildman–Crippen MR) is 110 cm³/mol. The summed E-state index contributed by atoms with van der Waals surface area (Å²) in [6.07, 6.45) is 2.23. The van der Waals surface area contributed by atoms with Crippen LogP contribution in [-0.2, 0) is 11.2 Å². The summed E-state index contributed by atoms with van der Waals surface area (Å²) in [5, 5.41) is 3.64. The highest BCUT2D eigenvalue weighted by Gasteiger charge is 2.25. The summed E-state index contributed by atoms with van der Waals surface area (Å²) in [6, 6.07) is 11.2. The van der Waals surface area contributed by atoms with Crippen molar-refractivity contribution in [2.45, 2.75) is 32.7 Å². The number of ether oxygens (including phenoxy) is 1. The van der Waals surface area contributed by atoms with Crippen molar-refractivity contribution in [2.75, 3.05) is 53.5 Å². The quantitative estimate of drug-likeness (QED) is 0.543. The van der Waals surface area contributed by atoms with E-state index in [0.29, 0.717) is 12.0 Å². The fourth-order valence-corrected chi connectivity index (χ4v) is 3.89. The first-order valence-electron chi connectivity index (χ1n) is 9.94. The molecular weight excluding hydrogens is 324 g/mol. The van der Waals surface area contributed by atoms with Crippen molar-refractivity contribution in [1.82, 2.24) is 15.1 Å². The van der Waals surface area contributed by atoms with E-state index in [0.717, 1.165) is 51.7 Å². The Hall–Kier alpha value is -1.59. The number of methoxy groups -OCH3 is 1. The van der Waals surface area contributed by atoms with E-state index in [1.54, 1.807) is 7.11 Å². The zero-order chi connectivity index (χ0) is 18.8. The van der Waals surface area contributed by atoms with Crippen LogP contribution < -0.4 is 5.32 Å². The van der Waals surface area contributed by atoms with E-state index in [1.807, 2.05) is 7.05 Å². The lowest BCUT2D eigenvalue weighted by molar-refractivity contribution is 0.157. The molecule has 1 aromatic carbocycles. The molecule has 1 fully saturated rings. The molecule has 0 bridgehead atoms. The largest absolute Gasteiger partial charge is 0.384 e. The van der Waals surface area contributed by atoms with Gasteiger partial charge in [-0.15, -0.1) is 0 Å². The van der Waals surface area contributed by atoms with Gasteiger partial charge in [0.25, 0.3) is 0 Å². The van der Waals surface area contributed by atoms with Gasteiger partial charge in [-0.05, 0) is 31.5 Å². The van der Waals surface area contributed by atoms with E-state index in [9.17, 15) is 0 Å². The Kier molecular flexibility index (Phi) is 8.92. The number of benzene rings is 1. The van der Waals surface area contributed by atoms with Crippen molar-refractivity contribution in [3.63, 3.8) is 0 Å². The van der Waals surface area contributed by atoms with Crippen LogP contribution >= 0.6 is 0 Å². The third-order valence-corrected chi connectivity index (χ3v) is 5.34. The highest BCUT2D eigenvalue weighted by molar-refractivity contribution is 5.80. The lowest BCUT2D eigenvalue weighted by atomic mass is 10.0. The van der Waals surface area contributed by atoms with Crippen LogP contribution in [0, 0.1) is 5.92 Å². The minimum Gasteiger partial charge on any atom is -0.384 e. The van der Waals surface area contributed by atoms with Crippen molar-refractivity contribution in [2.24, 2.45) is 10.9 Å². The molecule has 26 heavy (non-hydrogen) atoms. The van der Waals surface area contributed by atoms with E-state index in [1.165, 1.54) is 12.0 Å². The van der Waals surface area contributed by atoms with Crippen molar-refractivity contribution in [3.8, 4) is 0 Å². The first kappa shape index (κ1) is 20.7. The number of hydrogen-bond donors (Lipinski definition) is 1. The molecule has 1 aromatic rings. The van der Waals surface area contributed by atoms with Gasteiger partial charge in [-0.25, -0.2) is 0 Å². The number of rotatable bonds is 9. The Balaban J connectivity index is 1.96. The van der Waals surface area contributed by atoms with Crippen LogP contribution in [0.3, 0.4) is 0 Å². The Labute approximate surface area is 159 Å². The second-order valence-electron chi connectivity index (χ2n) is 7.05. The first-order chi connectivity index (χ1) is 12.7. The van der Waals surface area contributed by atoms with Crippen molar-refractivity contribution in [3.05, 3.63) is 35.9 Å². The minimum absolute atomic E-state index is 0.460. The van der Waals surface area contributed by atoms with Gasteiger partial charge < -0.3 is 15.0 Å². The zero-order valence-corrected chi connectivity index (χ0v) is 16.9. The van der Waals surface area contributed by atoms with E-state index >= 15 is 0 Å². The third kappa shape index (κ3) is 5.99. The Morgan fingerprint density at radius 3 is 2.65 bits per heavy atom. The molecule has 1 aliphatic rings. The second-order valence-corrected chi connectivity index (χ2v) is 7.05. The van der Waals surface area contributed by atoms with Gasteiger partial charge in [0.15, 0.2) is 5.96 Å². The van der Waals surface area contributed by atoms with Crippen LogP contribution in [0.25, 0.3) is 0 Å². The smallest absolute Gasteiger partial charge is 0.193 e. The summed E-state index contributed by atoms with van der Waals surface area (Å²) < 4.78 is 5.32. The number of likely N-dealkylation sites (tertiary alicyclic amines) is 1. The average Bonchev–Trinajstić information content (AvgIpc) is 3.12. The van der Waals surface area contributed by atoms with Crippen LogP contribution in [-0.4, -0.2) is 75.3 Å². The fourth-order valence-electron chi connectivity index (χ4n) is 3.89. The van der Waals surface area contributed by atoms with Crippen LogP contribution in [0.4, 0.5) is 0 Å². The molecule has 2 unspecified atom stereocenters. The summed E-state index contributed by atoms with van der Waals surface area (Å²) in [4.78, 5) is 9.43. The van der Waals surface area contributed by atoms with E-state index < -0.39 is 0 Å². The van der Waals surface area contributed by atoms with Gasteiger partial charge in [-0.1, -0.05) is 44.2 Å². The van der Waals surface area contributed by atoms with Gasteiger partial charge in [0, 0.05) is 45.8 Å². The number of aliphatic imine (C=N–C) groups is 1. The molecule has 146 valence electrons. The molecule has 1 aliphatic heterocycles. The van der Waals surface area contributed by atoms with Gasteiger partial charge in [0.2, 0.25) is 0 Å². The molecule has 2 rings (SSSR count). The standard InChI is InChI=1S/C21H36N4O/c1-5-24(6-2)20(14-18-10-8-7-9-11-18)15-23-21(22-3)25-13-12-19(16-25)17-26-4/h7-11,19-20H,5-6,12-17H2,1-4H3,(H,22,23). The van der Waals surface area contributed by atoms with Gasteiger partial charge in [0.1, 0.15) is 0 Å². The molecule has 0 amide bonds. The maximum Gasteiger partial charge on any atom is 0.193 e. The monoisotopic (exact) mass is 360 g/mol. The van der Waals surface area contributed by atoms with Crippen LogP contribution in [0.5, 0.6) is 0 Å². The number of likely N-dealkylation sites (N-methyl/N-ethyl adjacent to an activating group) is 1. The van der Waals surface area contributed by atoms with Gasteiger partial charge in [0.05, 0.1) is 6.61 Å². The summed E-state index contributed by atoms with van der Waals surface area (Å²) in [7, 11) is 3.67. The SMILES string of the molecule is CCN(CC)C(CNC(=NC)N1CCC(COC)C1)Cc1ccccc1. The van der Waals surface area contributed by atoms with Crippen molar-refractivity contribution in [1.29, 1.82) is 0 Å². The molecule has 1 heterocycles. The average molecular weight is 361 g/mol. The number of nitrogens with zero attached hydrogens (tertiary/aromatic N) is 3. The van der Waals surface area contributed by atoms with Crippen LogP contribution in [0.1, 0.15) is 25.8 Å². The predicted octanol–water partition coefficient (Wildman–Crippen LogP) is 2.48. The van der Waals surface area contributed by atoms with Gasteiger partial charge in [-0.3, -0.25) is 9.89 Å². The molecule has 0 radical (unpaired) electrons. The summed E-state index contributed by atoms with van der Waals surface area (Å²) in [6.45, 7) is 10.4. The van der Waals surface area contributed by atoms with Gasteiger partial charge >= 0.3 is 0 Å². The summed E-state index contributed by atoms with van der Waals surface area (Å²) in [5.41, 5.74) is 1.39. The molecule has 0 spiro atoms. The normalized spacial score (nSPS) is 19.2. The molecule has 2 atom stereocenters. The fraction of sp³-hybridized carbons (Fsp3) is 0.667. The molecule has 0 saturated carbocycles. The Morgan fingerprint density at radius 2 is 2.04 bits per heavy atom. The van der Waals surface area contributed by atoms with Crippen molar-refractivity contribution < 1.29 is 4.74 Å². The lowest BCUT2D eigenvalue weighted by Crippen LogP contribution is -2.49. The Bertz CT molecular complexity index is 530. The molecule has 1 saturated heterocycles. The highest BCUT2D eigenvalue weighted by Crippen LogP contribution is 2.16. The zero-order valence-electron chi connectivity index (χ0n) is 16.9. The number of guanidine groups is 1. The van der Waals surface area contributed by atoms with Crippen LogP contribution in [0.15, 0.2) is 35.3 Å². The first-order valence-corrected chi connectivity index (χ1v) is 9.94. The van der Waals surface area contributed by atoms with Crippen LogP contribution in [0.2, 0.25) is 0 Å². The molecule has 5 heteroatoms. The van der Waals surface area contributed by atoms with Crippen molar-refractivity contribution >= 4 is 5.96 Å². The molecule has 0 aromatic heterocycles. The minimum atomic E-state index is 0.460. The third-order valence-electron chi connectivity index (χ3n) is 5.34. The molecule has 5 nitrogen and oxygen atoms in total. The van der Waals surface area contributed by atoms with Gasteiger partial charge in [-0.2, -0.15) is 0 Å². The van der Waals surface area contributed by atoms with E-state index in [2.05, 4.69) is 64.3 Å². The van der Waals surface area contributed by atoms with E-state index in [-0.39, 0.29) is 0 Å². The topological polar surface area (TPSA) is 40.1 Å². The summed E-state index contributed by atoms with van der Waals surface area (Å²) in [5.74, 6) is 1.63. The molecule has 0 aliphatic carbocycles. The summed E-state index contributed by atoms with van der Waals surface area (Å²) >= 11 is 0. The number of nitrogens with one attached hydrogen (secondary N) is 1. The second kappa shape index (κ2) is 11.2. The maximum atomic E-state index is 5.32. The lowest BCUT2D eigenvalue weighted by Gasteiger charge is -2.32. The maximum absolute atomic E-state index is 5.32. The van der Waals surface area contributed by atoms with E-state index in [4.69, 9.17) is 4.74 Å². The molecular formula is C21H36N4O. The highest BCUT2D eigenvalue weighted by atomic mass is 16.5. The number of hydrogen-bond acceptors (Lipinski definition) is 3.